The van der Waals surface area contributed by atoms with Gasteiger partial charge in [0.05, 0.1) is 0 Å². The van der Waals surface area contributed by atoms with Gasteiger partial charge < -0.3 is 0 Å². The van der Waals surface area contributed by atoms with Gasteiger partial charge in [-0.2, -0.15) is 0 Å². The van der Waals surface area contributed by atoms with Crippen LogP contribution in [-0.2, 0) is 23.2 Å². The first kappa shape index (κ1) is 25.3. The van der Waals surface area contributed by atoms with Crippen molar-refractivity contribution in [3.05, 3.63) is 41.3 Å². The molecule has 0 saturated carbocycles. The smallest absolute Gasteiger partial charge is 0.269 e. The first-order chi connectivity index (χ1) is 12.9. The fourth-order valence-corrected chi connectivity index (χ4v) is 20.1. The van der Waals surface area contributed by atoms with Gasteiger partial charge >= 0.3 is 181 Å². The maximum Gasteiger partial charge on any atom is -0.269 e. The van der Waals surface area contributed by atoms with Crippen LogP contribution in [0.4, 0.5) is 9.41 Å². The first-order valence-corrected chi connectivity index (χ1v) is 19.3. The van der Waals surface area contributed by atoms with Crippen LogP contribution >= 0.6 is 0 Å². The zero-order valence-electron chi connectivity index (χ0n) is 18.6. The number of hydrogen-bond donors (Lipinski definition) is 0. The predicted molar refractivity (Wildman–Crippen MR) is 123 cm³/mol. The molecule has 162 valence electrons. The summed E-state index contributed by atoms with van der Waals surface area (Å²) in [4.78, 5) is 0. The summed E-state index contributed by atoms with van der Waals surface area (Å²) >= 11 is -0.636. The summed E-state index contributed by atoms with van der Waals surface area (Å²) in [6.45, 7) is 15.9. The van der Waals surface area contributed by atoms with Crippen LogP contribution in [0.15, 0.2) is 41.3 Å². The topological polar surface area (TPSA) is 6.48 Å². The Hall–Kier alpha value is 0.0569. The molecule has 2 saturated heterocycles. The normalized spacial score (nSPS) is 23.2. The molecular formula is C22H38F2N2Si2Zr. The van der Waals surface area contributed by atoms with Gasteiger partial charge in [-0.3, -0.25) is 9.41 Å². The van der Waals surface area contributed by atoms with E-state index < -0.39 is 39.7 Å². The quantitative estimate of drug-likeness (QED) is 0.432. The van der Waals surface area contributed by atoms with Crippen LogP contribution in [0.3, 0.4) is 0 Å². The molecule has 0 N–H and O–H groups in total. The van der Waals surface area contributed by atoms with E-state index in [1.165, 1.54) is 64.7 Å². The van der Waals surface area contributed by atoms with Crippen molar-refractivity contribution in [3.8, 4) is 0 Å². The summed E-state index contributed by atoms with van der Waals surface area (Å²) in [5.41, 5.74) is 0. The van der Waals surface area contributed by atoms with Gasteiger partial charge in [0.1, 0.15) is 0 Å². The third-order valence-electron chi connectivity index (χ3n) is 7.28. The molecule has 29 heavy (non-hydrogen) atoms. The molecule has 4 rings (SSSR count). The molecule has 2 fully saturated rings. The second kappa shape index (κ2) is 10.1. The van der Waals surface area contributed by atoms with E-state index >= 15 is 0 Å². The van der Waals surface area contributed by atoms with Crippen LogP contribution in [-0.4, -0.2) is 51.8 Å². The zero-order chi connectivity index (χ0) is 19.1. The van der Waals surface area contributed by atoms with Gasteiger partial charge in [0.2, 0.25) is 0 Å². The van der Waals surface area contributed by atoms with E-state index in [9.17, 15) is 0 Å². The van der Waals surface area contributed by atoms with E-state index in [1.54, 1.807) is 0 Å². The Kier molecular flexibility index (Phi) is 8.83. The van der Waals surface area contributed by atoms with E-state index in [2.05, 4.69) is 59.6 Å². The number of rotatable bonds is 6. The molecule has 0 bridgehead atoms. The fourth-order valence-electron chi connectivity index (χ4n) is 5.47. The van der Waals surface area contributed by atoms with Gasteiger partial charge in [0.15, 0.2) is 0 Å². The van der Waals surface area contributed by atoms with E-state index in [-0.39, 0.29) is 9.41 Å². The molecule has 4 aliphatic rings. The van der Waals surface area contributed by atoms with Crippen LogP contribution in [0.1, 0.15) is 38.5 Å². The molecular weight excluding hydrogens is 478 g/mol. The van der Waals surface area contributed by atoms with Crippen molar-refractivity contribution in [2.75, 3.05) is 26.2 Å². The van der Waals surface area contributed by atoms with Crippen LogP contribution in [0.5, 0.6) is 0 Å². The van der Waals surface area contributed by atoms with Crippen molar-refractivity contribution in [1.29, 1.82) is 0 Å². The Bertz CT molecular complexity index is 656. The number of hydrogen-bond acceptors (Lipinski definition) is 2. The Labute approximate surface area is 189 Å². The Balaban J connectivity index is 0.00000150. The maximum absolute atomic E-state index is 2.88. The largest absolute Gasteiger partial charge is 0.269 e. The SMILES string of the molecule is C[Si](C)(C1=[C]([Zr][C]2=C([Si](C)(C)N3CCCC3)C=CC2)CC=C1)N1CCCC1.F.F. The summed E-state index contributed by atoms with van der Waals surface area (Å²) in [6, 6.07) is 0. The van der Waals surface area contributed by atoms with Crippen molar-refractivity contribution < 1.29 is 32.6 Å². The van der Waals surface area contributed by atoms with Gasteiger partial charge in [-0.15, -0.1) is 0 Å². The average Bonchev–Trinajstić information content (AvgIpc) is 3.40. The monoisotopic (exact) mass is 514 g/mol. The molecule has 0 aromatic carbocycles. The molecule has 0 amide bonds. The summed E-state index contributed by atoms with van der Waals surface area (Å²) in [7, 11) is -2.88. The predicted octanol–water partition coefficient (Wildman–Crippen LogP) is 5.48. The van der Waals surface area contributed by atoms with Crippen molar-refractivity contribution in [3.63, 3.8) is 0 Å². The van der Waals surface area contributed by atoms with Crippen LogP contribution in [0.25, 0.3) is 0 Å². The van der Waals surface area contributed by atoms with Crippen molar-refractivity contribution in [2.45, 2.75) is 64.7 Å². The molecule has 2 nitrogen and oxygen atoms in total. The first-order valence-electron chi connectivity index (χ1n) is 11.0. The number of nitrogens with zero attached hydrogens (tertiary/aromatic N) is 2. The second-order valence-electron chi connectivity index (χ2n) is 9.63. The minimum Gasteiger partial charge on any atom is -0.269 e. The standard InChI is InChI=1S/2C11H18NSi.2FH.Zr/c2*1-13(2,11-7-3-4-8-11)12-9-5-6-10-12;;;/h2*3,7H,4-6,9-10H2,1-2H3;2*1H;. The summed E-state index contributed by atoms with van der Waals surface area (Å²) in [6.07, 6.45) is 18.3. The van der Waals surface area contributed by atoms with Crippen LogP contribution in [0.2, 0.25) is 26.2 Å². The molecule has 0 atom stereocenters. The molecule has 0 spiro atoms. The summed E-state index contributed by atoms with van der Waals surface area (Å²) in [5, 5.41) is 3.66. The van der Waals surface area contributed by atoms with Gasteiger partial charge in [0.25, 0.3) is 0 Å². The number of halogens is 2. The third-order valence-corrected chi connectivity index (χ3v) is 19.9. The molecule has 0 aromatic heterocycles. The second-order valence-corrected chi connectivity index (χ2v) is 21.8. The maximum atomic E-state index is 2.88. The Morgan fingerprint density at radius 2 is 1.00 bits per heavy atom. The minimum atomic E-state index is -1.44. The van der Waals surface area contributed by atoms with Crippen molar-refractivity contribution in [2.24, 2.45) is 0 Å². The van der Waals surface area contributed by atoms with Gasteiger partial charge in [-0.1, -0.05) is 0 Å². The molecule has 0 unspecified atom stereocenters. The third kappa shape index (κ3) is 4.95. The summed E-state index contributed by atoms with van der Waals surface area (Å²) < 4.78 is 9.60. The Morgan fingerprint density at radius 3 is 1.34 bits per heavy atom. The van der Waals surface area contributed by atoms with Crippen molar-refractivity contribution >= 4 is 16.5 Å². The van der Waals surface area contributed by atoms with E-state index in [0.717, 1.165) is 0 Å². The zero-order valence-corrected chi connectivity index (χ0v) is 23.0. The molecule has 0 aromatic rings. The number of allylic oxidation sites excluding steroid dienone is 8. The van der Waals surface area contributed by atoms with E-state index in [4.69, 9.17) is 0 Å². The molecule has 0 radical (unpaired) electrons. The van der Waals surface area contributed by atoms with Gasteiger partial charge in [0, 0.05) is 0 Å². The van der Waals surface area contributed by atoms with Crippen LogP contribution < -0.4 is 0 Å². The van der Waals surface area contributed by atoms with Crippen LogP contribution in [0, 0.1) is 0 Å². The van der Waals surface area contributed by atoms with Gasteiger partial charge in [-0.25, -0.2) is 0 Å². The molecule has 2 aliphatic heterocycles. The summed E-state index contributed by atoms with van der Waals surface area (Å²) in [5.74, 6) is 0. The minimum absolute atomic E-state index is 0. The molecule has 2 aliphatic carbocycles. The van der Waals surface area contributed by atoms with E-state index in [0.29, 0.717) is 0 Å². The van der Waals surface area contributed by atoms with E-state index in [1.807, 2.05) is 17.0 Å². The van der Waals surface area contributed by atoms with Gasteiger partial charge in [-0.05, 0) is 0 Å². The average molecular weight is 516 g/mol. The fraction of sp³-hybridized carbons (Fsp3) is 0.636. The Morgan fingerprint density at radius 1 is 0.655 bits per heavy atom. The molecule has 7 heteroatoms. The van der Waals surface area contributed by atoms with Crippen molar-refractivity contribution in [1.82, 2.24) is 9.13 Å². The molecule has 2 heterocycles.